The molecule has 2 aliphatic heterocycles. The van der Waals surface area contributed by atoms with Crippen LogP contribution in [0, 0.1) is 5.92 Å². The van der Waals surface area contributed by atoms with Gasteiger partial charge in [0.05, 0.1) is 11.2 Å². The van der Waals surface area contributed by atoms with Crippen molar-refractivity contribution in [3.05, 3.63) is 52.6 Å². The van der Waals surface area contributed by atoms with Gasteiger partial charge in [0.2, 0.25) is 12.3 Å². The molecule has 0 bridgehead atoms. The number of anilines is 1. The lowest BCUT2D eigenvalue weighted by atomic mass is 9.91. The van der Waals surface area contributed by atoms with Crippen LogP contribution in [0.15, 0.2) is 41.3 Å². The number of likely N-dealkylation sites (N-methyl/N-ethyl adjacent to an activating group) is 1. The number of amides is 2. The highest BCUT2D eigenvalue weighted by atomic mass is 16.2. The Labute approximate surface area is 237 Å². The third kappa shape index (κ3) is 9.22. The number of nitrogens with one attached hydrogen (secondary N) is 1. The van der Waals surface area contributed by atoms with E-state index in [-0.39, 0.29) is 17.8 Å². The van der Waals surface area contributed by atoms with Gasteiger partial charge >= 0.3 is 5.69 Å². The Balaban J connectivity index is 0.000000285. The summed E-state index contributed by atoms with van der Waals surface area (Å²) in [6.07, 6.45) is 5.40. The topological polar surface area (TPSA) is 143 Å². The van der Waals surface area contributed by atoms with Crippen molar-refractivity contribution >= 4 is 18.1 Å². The highest BCUT2D eigenvalue weighted by molar-refractivity contribution is 5.85. The van der Waals surface area contributed by atoms with E-state index < -0.39 is 11.2 Å². The van der Waals surface area contributed by atoms with Crippen molar-refractivity contribution in [2.24, 2.45) is 17.4 Å². The summed E-state index contributed by atoms with van der Waals surface area (Å²) < 4.78 is 1.48. The van der Waals surface area contributed by atoms with Crippen LogP contribution >= 0.6 is 0 Å². The quantitative estimate of drug-likeness (QED) is 0.409. The number of nitrogens with zero attached hydrogens (tertiary/aromatic N) is 5. The molecule has 1 atom stereocenters. The smallest absolute Gasteiger partial charge is 0.339 e. The average Bonchev–Trinajstić information content (AvgIpc) is 2.92. The lowest BCUT2D eigenvalue weighted by molar-refractivity contribution is -0.137. The molecule has 0 aliphatic carbocycles. The molecule has 11 heteroatoms. The molecule has 2 aliphatic rings. The van der Waals surface area contributed by atoms with Crippen LogP contribution in [0.1, 0.15) is 39.2 Å². The molecular formula is C29H46N8O3. The molecule has 0 spiro atoms. The summed E-state index contributed by atoms with van der Waals surface area (Å²) in [6.45, 7) is 12.3. The first-order valence-corrected chi connectivity index (χ1v) is 14.1. The average molecular weight is 555 g/mol. The van der Waals surface area contributed by atoms with Crippen LogP contribution in [-0.2, 0) is 16.0 Å². The SMILES string of the molecule is CC(N)C1CCN(CCc2cccc(-n3ccc(NC=O)nc3=O)c2)CC1.CN1CCN(C(=O)C(C)(C)N)CC1. The van der Waals surface area contributed by atoms with Crippen molar-refractivity contribution in [3.8, 4) is 5.69 Å². The minimum absolute atomic E-state index is 0.0561. The molecule has 2 amide bonds. The van der Waals surface area contributed by atoms with E-state index in [1.807, 2.05) is 23.1 Å². The Kier molecular flexibility index (Phi) is 11.4. The zero-order chi connectivity index (χ0) is 29.3. The third-order valence-electron chi connectivity index (χ3n) is 7.63. The Morgan fingerprint density at radius 2 is 1.82 bits per heavy atom. The van der Waals surface area contributed by atoms with Gasteiger partial charge in [-0.25, -0.2) is 4.79 Å². The molecule has 40 heavy (non-hydrogen) atoms. The van der Waals surface area contributed by atoms with Gasteiger partial charge < -0.3 is 31.5 Å². The van der Waals surface area contributed by atoms with Crippen LogP contribution in [0.3, 0.4) is 0 Å². The molecule has 5 N–H and O–H groups in total. The molecule has 0 saturated carbocycles. The van der Waals surface area contributed by atoms with Crippen LogP contribution in [0.25, 0.3) is 5.69 Å². The first-order valence-electron chi connectivity index (χ1n) is 14.1. The van der Waals surface area contributed by atoms with Crippen LogP contribution < -0.4 is 22.5 Å². The van der Waals surface area contributed by atoms with Gasteiger partial charge in [-0.2, -0.15) is 4.98 Å². The predicted octanol–water partition coefficient (Wildman–Crippen LogP) is 0.900. The largest absolute Gasteiger partial charge is 0.354 e. The summed E-state index contributed by atoms with van der Waals surface area (Å²) in [6, 6.07) is 9.82. The first kappa shape index (κ1) is 31.4. The second kappa shape index (κ2) is 14.5. The number of likely N-dealkylation sites (tertiary alicyclic amines) is 1. The van der Waals surface area contributed by atoms with Crippen molar-refractivity contribution in [1.29, 1.82) is 0 Å². The summed E-state index contributed by atoms with van der Waals surface area (Å²) >= 11 is 0. The Morgan fingerprint density at radius 1 is 1.15 bits per heavy atom. The van der Waals surface area contributed by atoms with Gasteiger partial charge in [-0.05, 0) is 89.9 Å². The minimum atomic E-state index is -0.726. The van der Waals surface area contributed by atoms with Gasteiger partial charge in [-0.15, -0.1) is 0 Å². The maximum absolute atomic E-state index is 12.2. The number of piperidine rings is 1. The Morgan fingerprint density at radius 3 is 2.40 bits per heavy atom. The van der Waals surface area contributed by atoms with Crippen molar-refractivity contribution in [1.82, 2.24) is 24.3 Å². The van der Waals surface area contributed by atoms with Crippen molar-refractivity contribution in [2.75, 3.05) is 58.2 Å². The van der Waals surface area contributed by atoms with E-state index in [9.17, 15) is 14.4 Å². The van der Waals surface area contributed by atoms with E-state index in [0.29, 0.717) is 12.3 Å². The third-order valence-corrected chi connectivity index (χ3v) is 7.63. The first-order chi connectivity index (χ1) is 19.0. The zero-order valence-corrected chi connectivity index (χ0v) is 24.4. The van der Waals surface area contributed by atoms with E-state index >= 15 is 0 Å². The lowest BCUT2D eigenvalue weighted by Crippen LogP contribution is -2.56. The summed E-state index contributed by atoms with van der Waals surface area (Å²) in [4.78, 5) is 44.8. The highest BCUT2D eigenvalue weighted by Gasteiger charge is 2.29. The molecule has 2 aromatic rings. The second-order valence-electron chi connectivity index (χ2n) is 11.5. The molecule has 11 nitrogen and oxygen atoms in total. The summed E-state index contributed by atoms with van der Waals surface area (Å²) in [5, 5.41) is 2.39. The molecule has 1 unspecified atom stereocenters. The standard InChI is InChI=1S/C20H27N5O2.C9H19N3O/c1-15(21)17-6-10-24(11-7-17)9-5-16-3-2-4-18(13-16)25-12-8-19(22-14-26)23-20(25)27;1-9(2,10)8(13)12-6-4-11(3)5-7-12/h2-4,8,12-15,17H,5-7,9-11,21H2,1H3,(H,22,23,26,27);4-7,10H2,1-3H3. The predicted molar refractivity (Wildman–Crippen MR) is 158 cm³/mol. The highest BCUT2D eigenvalue weighted by Crippen LogP contribution is 2.20. The van der Waals surface area contributed by atoms with Crippen LogP contribution in [0.5, 0.6) is 0 Å². The number of rotatable bonds is 8. The summed E-state index contributed by atoms with van der Waals surface area (Å²) in [7, 11) is 2.06. The maximum atomic E-state index is 12.2. The number of benzene rings is 1. The molecule has 4 rings (SSSR count). The summed E-state index contributed by atoms with van der Waals surface area (Å²) in [5.74, 6) is 0.943. The number of hydrogen-bond acceptors (Lipinski definition) is 8. The van der Waals surface area contributed by atoms with Crippen LogP contribution in [0.4, 0.5) is 5.82 Å². The van der Waals surface area contributed by atoms with E-state index in [0.717, 1.165) is 57.9 Å². The van der Waals surface area contributed by atoms with Gasteiger partial charge in [-0.3, -0.25) is 14.2 Å². The van der Waals surface area contributed by atoms with E-state index in [1.165, 1.54) is 23.0 Å². The zero-order valence-electron chi connectivity index (χ0n) is 24.4. The molecule has 220 valence electrons. The van der Waals surface area contributed by atoms with Crippen molar-refractivity contribution in [3.63, 3.8) is 0 Å². The molecule has 1 aromatic heterocycles. The van der Waals surface area contributed by atoms with Gasteiger partial charge in [0.25, 0.3) is 0 Å². The fraction of sp³-hybridized carbons (Fsp3) is 0.586. The monoisotopic (exact) mass is 554 g/mol. The second-order valence-corrected chi connectivity index (χ2v) is 11.5. The Hall–Kier alpha value is -3.12. The van der Waals surface area contributed by atoms with Gasteiger partial charge in [0.15, 0.2) is 0 Å². The van der Waals surface area contributed by atoms with Crippen LogP contribution in [-0.4, -0.2) is 101 Å². The molecule has 1 aromatic carbocycles. The summed E-state index contributed by atoms with van der Waals surface area (Å²) in [5.41, 5.74) is 12.6. The number of carbonyl (C=O) groups is 2. The minimum Gasteiger partial charge on any atom is -0.339 e. The number of piperazine rings is 1. The van der Waals surface area contributed by atoms with Crippen LogP contribution in [0.2, 0.25) is 0 Å². The maximum Gasteiger partial charge on any atom is 0.354 e. The number of nitrogens with two attached hydrogens (primary N) is 2. The van der Waals surface area contributed by atoms with E-state index in [2.05, 4.69) is 40.1 Å². The number of carbonyl (C=O) groups excluding carboxylic acids is 2. The Bertz CT molecular complexity index is 1160. The van der Waals surface area contributed by atoms with Gasteiger partial charge in [-0.1, -0.05) is 12.1 Å². The van der Waals surface area contributed by atoms with E-state index in [1.54, 1.807) is 26.1 Å². The molecule has 2 fully saturated rings. The normalized spacial score (nSPS) is 18.0. The molecular weight excluding hydrogens is 508 g/mol. The number of hydrogen-bond donors (Lipinski definition) is 3. The van der Waals surface area contributed by atoms with Gasteiger partial charge in [0.1, 0.15) is 5.82 Å². The molecule has 2 saturated heterocycles. The fourth-order valence-corrected chi connectivity index (χ4v) is 5.01. The van der Waals surface area contributed by atoms with Crippen molar-refractivity contribution in [2.45, 2.75) is 51.6 Å². The molecule has 0 radical (unpaired) electrons. The fourth-order valence-electron chi connectivity index (χ4n) is 5.01. The molecule has 3 heterocycles. The number of aromatic nitrogens is 2. The van der Waals surface area contributed by atoms with Gasteiger partial charge in [0, 0.05) is 45.0 Å². The van der Waals surface area contributed by atoms with E-state index in [4.69, 9.17) is 11.5 Å². The van der Waals surface area contributed by atoms with Crippen molar-refractivity contribution < 1.29 is 9.59 Å². The lowest BCUT2D eigenvalue weighted by Gasteiger charge is -2.35.